The molecule has 1 heterocycles. The van der Waals surface area contributed by atoms with Crippen molar-refractivity contribution >= 4 is 17.2 Å². The second kappa shape index (κ2) is 3.66. The molecule has 0 amide bonds. The zero-order chi connectivity index (χ0) is 13.9. The Bertz CT molecular complexity index is 739. The average Bonchev–Trinajstić information content (AvgIpc) is 3.15. The zero-order valence-electron chi connectivity index (χ0n) is 10.4. The lowest BCUT2D eigenvalue weighted by Crippen LogP contribution is -2.13. The summed E-state index contributed by atoms with van der Waals surface area (Å²) >= 11 is 0. The molecule has 1 saturated heterocycles. The van der Waals surface area contributed by atoms with Crippen LogP contribution in [-0.4, -0.2) is 16.7 Å². The minimum absolute atomic E-state index is 0.0625. The van der Waals surface area contributed by atoms with Crippen LogP contribution in [-0.2, 0) is 0 Å². The molecule has 2 unspecified atom stereocenters. The number of benzene rings is 2. The number of hydrogen-bond donors (Lipinski definition) is 0. The molecule has 5 nitrogen and oxygen atoms in total. The van der Waals surface area contributed by atoms with Gasteiger partial charge in [0.05, 0.1) is 11.0 Å². The standard InChI is InChI=1S/C15H10N2O3/c18-15-12-4-2-1-3-11(12)13-14(15)16(13)9-5-7-10(8-6-9)17(19)20/h1-8,13-14H. The van der Waals surface area contributed by atoms with Crippen molar-refractivity contribution in [1.82, 2.24) is 0 Å². The van der Waals surface area contributed by atoms with E-state index in [0.717, 1.165) is 16.8 Å². The van der Waals surface area contributed by atoms with Gasteiger partial charge in [-0.25, -0.2) is 0 Å². The van der Waals surface area contributed by atoms with Gasteiger partial charge in [-0.05, 0) is 17.7 Å². The van der Waals surface area contributed by atoms with Gasteiger partial charge in [0.1, 0.15) is 6.04 Å². The van der Waals surface area contributed by atoms with E-state index < -0.39 is 4.92 Å². The number of carbonyl (C=O) groups excluding carboxylic acids is 1. The average molecular weight is 266 g/mol. The molecule has 0 radical (unpaired) electrons. The molecule has 2 aliphatic rings. The van der Waals surface area contributed by atoms with Crippen molar-refractivity contribution in [2.24, 2.45) is 0 Å². The molecule has 0 saturated carbocycles. The summed E-state index contributed by atoms with van der Waals surface area (Å²) in [4.78, 5) is 24.5. The Hall–Kier alpha value is -2.69. The highest BCUT2D eigenvalue weighted by atomic mass is 16.6. The van der Waals surface area contributed by atoms with Crippen molar-refractivity contribution in [3.63, 3.8) is 0 Å². The van der Waals surface area contributed by atoms with E-state index in [0.29, 0.717) is 0 Å². The van der Waals surface area contributed by atoms with E-state index in [1.165, 1.54) is 12.1 Å². The number of nitro groups is 1. The second-order valence-electron chi connectivity index (χ2n) is 5.02. The molecule has 0 aromatic heterocycles. The Morgan fingerprint density at radius 2 is 1.70 bits per heavy atom. The molecule has 0 N–H and O–H groups in total. The summed E-state index contributed by atoms with van der Waals surface area (Å²) in [5, 5.41) is 10.6. The third-order valence-electron chi connectivity index (χ3n) is 3.98. The van der Waals surface area contributed by atoms with E-state index in [2.05, 4.69) is 0 Å². The topological polar surface area (TPSA) is 63.2 Å². The predicted molar refractivity (Wildman–Crippen MR) is 72.9 cm³/mol. The van der Waals surface area contributed by atoms with Gasteiger partial charge in [-0.3, -0.25) is 14.9 Å². The highest BCUT2D eigenvalue weighted by Gasteiger charge is 2.59. The number of nitro benzene ring substituents is 1. The van der Waals surface area contributed by atoms with E-state index in [9.17, 15) is 14.9 Å². The Morgan fingerprint density at radius 1 is 1.00 bits per heavy atom. The smallest absolute Gasteiger partial charge is 0.269 e. The third kappa shape index (κ3) is 1.34. The van der Waals surface area contributed by atoms with E-state index >= 15 is 0 Å². The Labute approximate surface area is 114 Å². The molecule has 20 heavy (non-hydrogen) atoms. The lowest BCUT2D eigenvalue weighted by molar-refractivity contribution is -0.384. The van der Waals surface area contributed by atoms with Gasteiger partial charge in [0, 0.05) is 23.4 Å². The van der Waals surface area contributed by atoms with Crippen LogP contribution in [0.3, 0.4) is 0 Å². The van der Waals surface area contributed by atoms with Crippen LogP contribution in [0.15, 0.2) is 48.5 Å². The van der Waals surface area contributed by atoms with Gasteiger partial charge in [-0.2, -0.15) is 0 Å². The lowest BCUT2D eigenvalue weighted by Gasteiger charge is -2.11. The third-order valence-corrected chi connectivity index (χ3v) is 3.98. The first-order valence-electron chi connectivity index (χ1n) is 6.34. The van der Waals surface area contributed by atoms with Crippen LogP contribution in [0.1, 0.15) is 22.0 Å². The first kappa shape index (κ1) is 11.2. The first-order chi connectivity index (χ1) is 9.68. The van der Waals surface area contributed by atoms with Crippen LogP contribution in [0.5, 0.6) is 0 Å². The normalized spacial score (nSPS) is 22.4. The molecule has 1 aliphatic heterocycles. The van der Waals surface area contributed by atoms with E-state index in [1.807, 2.05) is 29.2 Å². The van der Waals surface area contributed by atoms with Gasteiger partial charge in [0.25, 0.3) is 5.69 Å². The predicted octanol–water partition coefficient (Wildman–Crippen LogP) is 2.72. The molecule has 2 aromatic carbocycles. The number of anilines is 1. The zero-order valence-corrected chi connectivity index (χ0v) is 10.4. The maximum atomic E-state index is 12.2. The van der Waals surface area contributed by atoms with Crippen molar-refractivity contribution in [1.29, 1.82) is 0 Å². The Morgan fingerprint density at radius 3 is 2.40 bits per heavy atom. The van der Waals surface area contributed by atoms with Gasteiger partial charge in [-0.1, -0.05) is 24.3 Å². The van der Waals surface area contributed by atoms with Crippen molar-refractivity contribution in [3.8, 4) is 0 Å². The monoisotopic (exact) mass is 266 g/mol. The quantitative estimate of drug-likeness (QED) is 0.476. The van der Waals surface area contributed by atoms with Crippen LogP contribution in [0.4, 0.5) is 11.4 Å². The lowest BCUT2D eigenvalue weighted by atomic mass is 10.1. The molecule has 98 valence electrons. The molecule has 2 aromatic rings. The number of fused-ring (bicyclic) bond motifs is 3. The SMILES string of the molecule is O=C1c2ccccc2C2C1N2c1ccc([N+](=O)[O-])cc1. The summed E-state index contributed by atoms with van der Waals surface area (Å²) in [5.41, 5.74) is 2.78. The Balaban J connectivity index is 1.68. The fourth-order valence-electron chi connectivity index (χ4n) is 3.03. The van der Waals surface area contributed by atoms with Crippen LogP contribution in [0.25, 0.3) is 0 Å². The van der Waals surface area contributed by atoms with E-state index in [4.69, 9.17) is 0 Å². The Kier molecular flexibility index (Phi) is 2.04. The first-order valence-corrected chi connectivity index (χ1v) is 6.34. The fraction of sp³-hybridized carbons (Fsp3) is 0.133. The number of rotatable bonds is 2. The maximum Gasteiger partial charge on any atom is 0.269 e. The van der Waals surface area contributed by atoms with Crippen LogP contribution in [0, 0.1) is 10.1 Å². The van der Waals surface area contributed by atoms with Crippen molar-refractivity contribution < 1.29 is 9.72 Å². The summed E-state index contributed by atoms with van der Waals surface area (Å²) in [6.45, 7) is 0. The highest BCUT2D eigenvalue weighted by Crippen LogP contribution is 2.54. The van der Waals surface area contributed by atoms with Crippen molar-refractivity contribution in [3.05, 3.63) is 69.8 Å². The fourth-order valence-corrected chi connectivity index (χ4v) is 3.03. The summed E-state index contributed by atoms with van der Waals surface area (Å²) in [6.07, 6.45) is 0. The maximum absolute atomic E-state index is 12.2. The minimum atomic E-state index is -0.423. The highest BCUT2D eigenvalue weighted by molar-refractivity contribution is 6.12. The summed E-state index contributed by atoms with van der Waals surface area (Å²) in [6, 6.07) is 14.0. The molecule has 5 heteroatoms. The second-order valence-corrected chi connectivity index (χ2v) is 5.02. The van der Waals surface area contributed by atoms with E-state index in [1.54, 1.807) is 12.1 Å². The van der Waals surface area contributed by atoms with Crippen molar-refractivity contribution in [2.45, 2.75) is 12.1 Å². The number of non-ortho nitro benzene ring substituents is 1. The molecular formula is C15H10N2O3. The number of carbonyl (C=O) groups is 1. The number of Topliss-reactive ketones (excluding diaryl/α,β-unsaturated/α-hetero) is 1. The molecule has 2 atom stereocenters. The number of nitrogens with zero attached hydrogens (tertiary/aromatic N) is 2. The van der Waals surface area contributed by atoms with Crippen LogP contribution in [0.2, 0.25) is 0 Å². The summed E-state index contributed by atoms with van der Waals surface area (Å²) in [5.74, 6) is 0.143. The molecule has 1 aliphatic carbocycles. The van der Waals surface area contributed by atoms with Crippen LogP contribution < -0.4 is 4.90 Å². The summed E-state index contributed by atoms with van der Waals surface area (Å²) in [7, 11) is 0. The van der Waals surface area contributed by atoms with Gasteiger partial charge in [-0.15, -0.1) is 0 Å². The van der Waals surface area contributed by atoms with E-state index in [-0.39, 0.29) is 23.6 Å². The number of hydrogen-bond acceptors (Lipinski definition) is 4. The van der Waals surface area contributed by atoms with Gasteiger partial charge < -0.3 is 4.90 Å². The van der Waals surface area contributed by atoms with Gasteiger partial charge in [0.15, 0.2) is 5.78 Å². The van der Waals surface area contributed by atoms with Crippen LogP contribution >= 0.6 is 0 Å². The molecule has 1 fully saturated rings. The number of ketones is 1. The molecule has 0 bridgehead atoms. The van der Waals surface area contributed by atoms with Gasteiger partial charge >= 0.3 is 0 Å². The summed E-state index contributed by atoms with van der Waals surface area (Å²) < 4.78 is 0. The van der Waals surface area contributed by atoms with Crippen molar-refractivity contribution in [2.75, 3.05) is 4.90 Å². The molecule has 4 rings (SSSR count). The largest absolute Gasteiger partial charge is 0.349 e. The van der Waals surface area contributed by atoms with Gasteiger partial charge in [0.2, 0.25) is 0 Å². The molecular weight excluding hydrogens is 256 g/mol. The molecule has 0 spiro atoms. The minimum Gasteiger partial charge on any atom is -0.349 e.